The number of benzene rings is 2. The monoisotopic (exact) mass is 413 g/mol. The van der Waals surface area contributed by atoms with Gasteiger partial charge in [-0.3, -0.25) is 9.59 Å². The van der Waals surface area contributed by atoms with E-state index in [-0.39, 0.29) is 23.8 Å². The van der Waals surface area contributed by atoms with Crippen LogP contribution in [-0.2, 0) is 10.2 Å². The van der Waals surface area contributed by atoms with Crippen LogP contribution in [0.5, 0.6) is 0 Å². The van der Waals surface area contributed by atoms with Crippen molar-refractivity contribution in [2.75, 3.05) is 37.6 Å². The average molecular weight is 414 g/mol. The number of piperazine rings is 1. The summed E-state index contributed by atoms with van der Waals surface area (Å²) in [4.78, 5) is 28.8. The Kier molecular flexibility index (Phi) is 6.48. The minimum Gasteiger partial charge on any atom is -0.367 e. The highest BCUT2D eigenvalue weighted by Crippen LogP contribution is 2.26. The molecule has 0 spiro atoms. The number of para-hydroxylation sites is 1. The van der Waals surface area contributed by atoms with Gasteiger partial charge in [-0.2, -0.15) is 0 Å². The third-order valence-corrected chi connectivity index (χ3v) is 5.56. The molecule has 1 N–H and O–H groups in total. The number of halogens is 1. The highest BCUT2D eigenvalue weighted by Gasteiger charge is 2.22. The first-order chi connectivity index (χ1) is 13.8. The zero-order valence-electron chi connectivity index (χ0n) is 17.2. The van der Waals surface area contributed by atoms with Crippen LogP contribution in [0.15, 0.2) is 48.5 Å². The maximum atomic E-state index is 12.5. The minimum atomic E-state index is -0.228. The lowest BCUT2D eigenvalue weighted by atomic mass is 9.87. The quantitative estimate of drug-likeness (QED) is 0.831. The summed E-state index contributed by atoms with van der Waals surface area (Å²) >= 11 is 6.26. The van der Waals surface area contributed by atoms with E-state index in [2.05, 4.69) is 31.0 Å². The number of nitrogens with zero attached hydrogens (tertiary/aromatic N) is 2. The van der Waals surface area contributed by atoms with Crippen LogP contribution in [0.1, 0.15) is 36.7 Å². The lowest BCUT2D eigenvalue weighted by molar-refractivity contribution is -0.130. The normalized spacial score (nSPS) is 14.6. The molecule has 1 aliphatic heterocycles. The summed E-state index contributed by atoms with van der Waals surface area (Å²) in [7, 11) is 0. The number of rotatable bonds is 4. The van der Waals surface area contributed by atoms with Gasteiger partial charge < -0.3 is 15.1 Å². The molecule has 1 aliphatic rings. The number of anilines is 1. The maximum Gasteiger partial charge on any atom is 0.251 e. The molecule has 154 valence electrons. The molecule has 5 nitrogen and oxygen atoms in total. The summed E-state index contributed by atoms with van der Waals surface area (Å²) in [5.74, 6) is -0.294. The van der Waals surface area contributed by atoms with E-state index >= 15 is 0 Å². The first-order valence-corrected chi connectivity index (χ1v) is 10.3. The number of hydrogen-bond donors (Lipinski definition) is 1. The number of carbonyl (C=O) groups excluding carboxylic acids is 2. The Labute approximate surface area is 177 Å². The van der Waals surface area contributed by atoms with Crippen molar-refractivity contribution in [1.82, 2.24) is 10.2 Å². The van der Waals surface area contributed by atoms with E-state index in [0.29, 0.717) is 18.7 Å². The topological polar surface area (TPSA) is 52.7 Å². The molecule has 0 saturated carbocycles. The predicted octanol–water partition coefficient (Wildman–Crippen LogP) is 3.72. The smallest absolute Gasteiger partial charge is 0.251 e. The summed E-state index contributed by atoms with van der Waals surface area (Å²) in [5, 5.41) is 3.46. The Morgan fingerprint density at radius 2 is 1.59 bits per heavy atom. The maximum absolute atomic E-state index is 12.5. The van der Waals surface area contributed by atoms with Gasteiger partial charge in [-0.25, -0.2) is 0 Å². The largest absolute Gasteiger partial charge is 0.367 e. The van der Waals surface area contributed by atoms with Crippen LogP contribution in [0, 0.1) is 0 Å². The van der Waals surface area contributed by atoms with E-state index in [0.717, 1.165) is 23.8 Å². The molecule has 0 aromatic heterocycles. The molecule has 2 aromatic rings. The number of hydrogen-bond acceptors (Lipinski definition) is 3. The number of carbonyl (C=O) groups is 2. The molecule has 3 rings (SSSR count). The zero-order valence-corrected chi connectivity index (χ0v) is 18.0. The summed E-state index contributed by atoms with van der Waals surface area (Å²) in [6.45, 7) is 9.06. The Morgan fingerprint density at radius 3 is 2.17 bits per heavy atom. The standard InChI is InChI=1S/C23H28ClN3O2/c1-23(2,3)18-10-8-17(9-11-18)22(29)25-16-21(28)27-14-12-26(13-15-27)20-7-5-4-6-19(20)24/h4-11H,12-16H2,1-3H3,(H,25,29). The Morgan fingerprint density at radius 1 is 0.966 bits per heavy atom. The molecule has 29 heavy (non-hydrogen) atoms. The van der Waals surface area contributed by atoms with E-state index in [1.54, 1.807) is 4.90 Å². The van der Waals surface area contributed by atoms with Crippen LogP contribution in [0.2, 0.25) is 5.02 Å². The summed E-state index contributed by atoms with van der Waals surface area (Å²) in [6.07, 6.45) is 0. The molecular weight excluding hydrogens is 386 g/mol. The summed E-state index contributed by atoms with van der Waals surface area (Å²) < 4.78 is 0. The molecule has 0 radical (unpaired) electrons. The summed E-state index contributed by atoms with van der Waals surface area (Å²) in [5.41, 5.74) is 2.76. The van der Waals surface area contributed by atoms with E-state index in [9.17, 15) is 9.59 Å². The number of nitrogens with one attached hydrogen (secondary N) is 1. The van der Waals surface area contributed by atoms with Gasteiger partial charge in [0.15, 0.2) is 0 Å². The molecule has 1 fully saturated rings. The third-order valence-electron chi connectivity index (χ3n) is 5.24. The van der Waals surface area contributed by atoms with Crippen molar-refractivity contribution in [1.29, 1.82) is 0 Å². The first-order valence-electron chi connectivity index (χ1n) is 9.92. The fraction of sp³-hybridized carbons (Fsp3) is 0.391. The fourth-order valence-electron chi connectivity index (χ4n) is 3.40. The molecule has 0 aliphatic carbocycles. The van der Waals surface area contributed by atoms with Crippen molar-refractivity contribution in [3.8, 4) is 0 Å². The van der Waals surface area contributed by atoms with Crippen molar-refractivity contribution >= 4 is 29.1 Å². The highest BCUT2D eigenvalue weighted by atomic mass is 35.5. The highest BCUT2D eigenvalue weighted by molar-refractivity contribution is 6.33. The van der Waals surface area contributed by atoms with E-state index < -0.39 is 0 Å². The molecule has 0 bridgehead atoms. The van der Waals surface area contributed by atoms with Gasteiger partial charge in [-0.15, -0.1) is 0 Å². The van der Waals surface area contributed by atoms with Gasteiger partial charge in [-0.05, 0) is 35.2 Å². The summed E-state index contributed by atoms with van der Waals surface area (Å²) in [6, 6.07) is 15.3. The second-order valence-corrected chi connectivity index (χ2v) is 8.74. The van der Waals surface area contributed by atoms with Crippen LogP contribution in [0.4, 0.5) is 5.69 Å². The van der Waals surface area contributed by atoms with Gasteiger partial charge >= 0.3 is 0 Å². The Balaban J connectivity index is 1.49. The van der Waals surface area contributed by atoms with Crippen molar-refractivity contribution in [2.45, 2.75) is 26.2 Å². The second-order valence-electron chi connectivity index (χ2n) is 8.33. The van der Waals surface area contributed by atoms with Gasteiger partial charge in [0, 0.05) is 31.7 Å². The van der Waals surface area contributed by atoms with Crippen LogP contribution in [0.25, 0.3) is 0 Å². The molecule has 1 saturated heterocycles. The average Bonchev–Trinajstić information content (AvgIpc) is 2.72. The van der Waals surface area contributed by atoms with Gasteiger partial charge in [0.2, 0.25) is 5.91 Å². The Bertz CT molecular complexity index is 866. The first kappa shape index (κ1) is 21.2. The fourth-order valence-corrected chi connectivity index (χ4v) is 3.65. The molecule has 2 amide bonds. The Hall–Kier alpha value is -2.53. The van der Waals surface area contributed by atoms with E-state index in [1.165, 1.54) is 5.56 Å². The lowest BCUT2D eigenvalue weighted by Crippen LogP contribution is -2.51. The zero-order chi connectivity index (χ0) is 21.0. The van der Waals surface area contributed by atoms with E-state index in [1.807, 2.05) is 48.5 Å². The second kappa shape index (κ2) is 8.87. The van der Waals surface area contributed by atoms with E-state index in [4.69, 9.17) is 11.6 Å². The van der Waals surface area contributed by atoms with Gasteiger partial charge in [0.1, 0.15) is 0 Å². The molecule has 6 heteroatoms. The minimum absolute atomic E-state index is 0.00590. The number of amides is 2. The SMILES string of the molecule is CC(C)(C)c1ccc(C(=O)NCC(=O)N2CCN(c3ccccc3Cl)CC2)cc1. The van der Waals surface area contributed by atoms with Crippen molar-refractivity contribution in [3.05, 3.63) is 64.7 Å². The molecule has 0 unspecified atom stereocenters. The van der Waals surface area contributed by atoms with Crippen molar-refractivity contribution in [3.63, 3.8) is 0 Å². The molecule has 2 aromatic carbocycles. The van der Waals surface area contributed by atoms with Crippen LogP contribution in [-0.4, -0.2) is 49.4 Å². The van der Waals surface area contributed by atoms with Crippen LogP contribution in [0.3, 0.4) is 0 Å². The predicted molar refractivity (Wildman–Crippen MR) is 118 cm³/mol. The van der Waals surface area contributed by atoms with Gasteiger partial charge in [0.05, 0.1) is 17.3 Å². The molecule has 1 heterocycles. The van der Waals surface area contributed by atoms with Gasteiger partial charge in [0.25, 0.3) is 5.91 Å². The molecule has 0 atom stereocenters. The van der Waals surface area contributed by atoms with Crippen LogP contribution >= 0.6 is 11.6 Å². The third kappa shape index (κ3) is 5.30. The lowest BCUT2D eigenvalue weighted by Gasteiger charge is -2.36. The molecular formula is C23H28ClN3O2. The van der Waals surface area contributed by atoms with Gasteiger partial charge in [-0.1, -0.05) is 56.6 Å². The van der Waals surface area contributed by atoms with Crippen molar-refractivity contribution < 1.29 is 9.59 Å². The van der Waals surface area contributed by atoms with Crippen LogP contribution < -0.4 is 10.2 Å². The van der Waals surface area contributed by atoms with Crippen molar-refractivity contribution in [2.24, 2.45) is 0 Å².